The first-order valence-electron chi connectivity index (χ1n) is 6.70. The molecule has 112 valence electrons. The molecule has 0 fully saturated rings. The van der Waals surface area contributed by atoms with Crippen LogP contribution in [0.25, 0.3) is 0 Å². The van der Waals surface area contributed by atoms with Crippen LogP contribution in [0.15, 0.2) is 30.5 Å². The standard InChI is InChI=1S/C15H18FN3O2/c1-4-21-15(20)14(11-9-19(3)18-10(11)2)17-13-8-6-5-7-12(13)16/h5-9,14,17H,4H2,1-3H3. The van der Waals surface area contributed by atoms with Gasteiger partial charge in [-0.15, -0.1) is 0 Å². The Morgan fingerprint density at radius 1 is 1.48 bits per heavy atom. The second kappa shape index (κ2) is 6.39. The Morgan fingerprint density at radius 3 is 2.76 bits per heavy atom. The smallest absolute Gasteiger partial charge is 0.333 e. The quantitative estimate of drug-likeness (QED) is 0.860. The number of rotatable bonds is 5. The molecular weight excluding hydrogens is 273 g/mol. The van der Waals surface area contributed by atoms with Crippen molar-refractivity contribution < 1.29 is 13.9 Å². The molecule has 1 atom stereocenters. The van der Waals surface area contributed by atoms with E-state index in [4.69, 9.17) is 4.74 Å². The molecular formula is C15H18FN3O2. The fraction of sp³-hybridized carbons (Fsp3) is 0.333. The topological polar surface area (TPSA) is 56.1 Å². The summed E-state index contributed by atoms with van der Waals surface area (Å²) in [7, 11) is 1.77. The molecule has 0 saturated heterocycles. The van der Waals surface area contributed by atoms with Gasteiger partial charge in [0, 0.05) is 18.8 Å². The number of ether oxygens (including phenoxy) is 1. The van der Waals surface area contributed by atoms with E-state index in [1.807, 2.05) is 0 Å². The normalized spacial score (nSPS) is 12.0. The minimum Gasteiger partial charge on any atom is -0.464 e. The number of carbonyl (C=O) groups is 1. The van der Waals surface area contributed by atoms with E-state index >= 15 is 0 Å². The van der Waals surface area contributed by atoms with E-state index in [0.717, 1.165) is 0 Å². The lowest BCUT2D eigenvalue weighted by Crippen LogP contribution is -2.24. The Bertz CT molecular complexity index is 640. The number of esters is 1. The number of nitrogens with zero attached hydrogens (tertiary/aromatic N) is 2. The first-order chi connectivity index (χ1) is 10.0. The van der Waals surface area contributed by atoms with Crippen LogP contribution in [-0.4, -0.2) is 22.4 Å². The van der Waals surface area contributed by atoms with Crippen molar-refractivity contribution in [2.24, 2.45) is 7.05 Å². The highest BCUT2D eigenvalue weighted by Gasteiger charge is 2.26. The highest BCUT2D eigenvalue weighted by molar-refractivity contribution is 5.81. The van der Waals surface area contributed by atoms with E-state index in [0.29, 0.717) is 11.3 Å². The largest absolute Gasteiger partial charge is 0.464 e. The minimum absolute atomic E-state index is 0.249. The van der Waals surface area contributed by atoms with Crippen LogP contribution in [0, 0.1) is 12.7 Å². The minimum atomic E-state index is -0.796. The van der Waals surface area contributed by atoms with Crippen molar-refractivity contribution in [3.8, 4) is 0 Å². The third-order valence-electron chi connectivity index (χ3n) is 3.06. The number of halogens is 1. The van der Waals surface area contributed by atoms with Gasteiger partial charge in [0.1, 0.15) is 5.82 Å². The molecule has 1 N–H and O–H groups in total. The number of nitrogens with one attached hydrogen (secondary N) is 1. The van der Waals surface area contributed by atoms with E-state index in [2.05, 4.69) is 10.4 Å². The van der Waals surface area contributed by atoms with E-state index in [-0.39, 0.29) is 12.3 Å². The highest BCUT2D eigenvalue weighted by Crippen LogP contribution is 2.24. The predicted molar refractivity (Wildman–Crippen MR) is 77.3 cm³/mol. The molecule has 0 spiro atoms. The molecule has 1 heterocycles. The average Bonchev–Trinajstić information content (AvgIpc) is 2.77. The van der Waals surface area contributed by atoms with Crippen LogP contribution in [0.4, 0.5) is 10.1 Å². The van der Waals surface area contributed by atoms with Crippen molar-refractivity contribution in [1.82, 2.24) is 9.78 Å². The van der Waals surface area contributed by atoms with Gasteiger partial charge in [0.05, 0.1) is 18.0 Å². The van der Waals surface area contributed by atoms with Crippen molar-refractivity contribution in [2.75, 3.05) is 11.9 Å². The van der Waals surface area contributed by atoms with Gasteiger partial charge in [0.2, 0.25) is 0 Å². The highest BCUT2D eigenvalue weighted by atomic mass is 19.1. The van der Waals surface area contributed by atoms with Gasteiger partial charge in [-0.3, -0.25) is 4.68 Å². The van der Waals surface area contributed by atoms with Crippen molar-refractivity contribution in [3.63, 3.8) is 0 Å². The number of aryl methyl sites for hydroxylation is 2. The van der Waals surface area contributed by atoms with E-state index in [9.17, 15) is 9.18 Å². The molecule has 0 aliphatic rings. The fourth-order valence-electron chi connectivity index (χ4n) is 2.12. The van der Waals surface area contributed by atoms with E-state index in [1.165, 1.54) is 6.07 Å². The maximum absolute atomic E-state index is 13.8. The lowest BCUT2D eigenvalue weighted by atomic mass is 10.1. The van der Waals surface area contributed by atoms with Gasteiger partial charge in [0.15, 0.2) is 6.04 Å². The summed E-state index contributed by atoms with van der Waals surface area (Å²) in [5, 5.41) is 7.11. The van der Waals surface area contributed by atoms with Gasteiger partial charge in [-0.25, -0.2) is 9.18 Å². The summed E-state index contributed by atoms with van der Waals surface area (Å²) in [6, 6.07) is 5.41. The molecule has 0 bridgehead atoms. The number of para-hydroxylation sites is 1. The van der Waals surface area contributed by atoms with Crippen molar-refractivity contribution in [3.05, 3.63) is 47.5 Å². The van der Waals surface area contributed by atoms with Crippen LogP contribution < -0.4 is 5.32 Å². The number of anilines is 1. The zero-order valence-corrected chi connectivity index (χ0v) is 12.3. The van der Waals surface area contributed by atoms with Crippen LogP contribution in [0.3, 0.4) is 0 Å². The molecule has 2 aromatic rings. The van der Waals surface area contributed by atoms with E-state index in [1.54, 1.807) is 50.0 Å². The summed E-state index contributed by atoms with van der Waals surface area (Å²) >= 11 is 0. The molecule has 1 aromatic carbocycles. The van der Waals surface area contributed by atoms with Gasteiger partial charge in [-0.05, 0) is 26.0 Å². The third kappa shape index (κ3) is 3.39. The Hall–Kier alpha value is -2.37. The molecule has 1 unspecified atom stereocenters. The molecule has 2 rings (SSSR count). The van der Waals surface area contributed by atoms with Crippen molar-refractivity contribution in [2.45, 2.75) is 19.9 Å². The number of aromatic nitrogens is 2. The average molecular weight is 291 g/mol. The van der Waals surface area contributed by atoms with Gasteiger partial charge >= 0.3 is 5.97 Å². The maximum Gasteiger partial charge on any atom is 0.333 e. The summed E-state index contributed by atoms with van der Waals surface area (Å²) in [5.41, 5.74) is 1.61. The summed E-state index contributed by atoms with van der Waals surface area (Å²) in [5.74, 6) is -0.884. The molecule has 0 aliphatic carbocycles. The Balaban J connectivity index is 2.35. The SMILES string of the molecule is CCOC(=O)C(Nc1ccccc1F)c1cn(C)nc1C. The van der Waals surface area contributed by atoms with Gasteiger partial charge in [-0.2, -0.15) is 5.10 Å². The molecule has 0 amide bonds. The summed E-state index contributed by atoms with van der Waals surface area (Å²) in [6.45, 7) is 3.78. The monoisotopic (exact) mass is 291 g/mol. The number of hydrogen-bond acceptors (Lipinski definition) is 4. The Morgan fingerprint density at radius 2 is 2.19 bits per heavy atom. The number of benzene rings is 1. The second-order valence-corrected chi connectivity index (χ2v) is 4.65. The van der Waals surface area contributed by atoms with Gasteiger partial charge in [0.25, 0.3) is 0 Å². The number of hydrogen-bond donors (Lipinski definition) is 1. The second-order valence-electron chi connectivity index (χ2n) is 4.65. The Kier molecular flexibility index (Phi) is 4.57. The van der Waals surface area contributed by atoms with Crippen LogP contribution >= 0.6 is 0 Å². The van der Waals surface area contributed by atoms with Gasteiger partial charge in [-0.1, -0.05) is 12.1 Å². The third-order valence-corrected chi connectivity index (χ3v) is 3.06. The van der Waals surface area contributed by atoms with Crippen molar-refractivity contribution in [1.29, 1.82) is 0 Å². The van der Waals surface area contributed by atoms with Crippen LogP contribution in [0.5, 0.6) is 0 Å². The van der Waals surface area contributed by atoms with Gasteiger partial charge < -0.3 is 10.1 Å². The molecule has 1 aromatic heterocycles. The summed E-state index contributed by atoms with van der Waals surface area (Å²) in [6.07, 6.45) is 1.73. The molecule has 6 heteroatoms. The van der Waals surface area contributed by atoms with E-state index < -0.39 is 17.8 Å². The lowest BCUT2D eigenvalue weighted by molar-refractivity contribution is -0.144. The van der Waals surface area contributed by atoms with Crippen LogP contribution in [-0.2, 0) is 16.6 Å². The Labute approximate surface area is 122 Å². The predicted octanol–water partition coefficient (Wildman–Crippen LogP) is 2.58. The molecule has 21 heavy (non-hydrogen) atoms. The molecule has 0 radical (unpaired) electrons. The molecule has 0 aliphatic heterocycles. The summed E-state index contributed by atoms with van der Waals surface area (Å²) in [4.78, 5) is 12.2. The zero-order chi connectivity index (χ0) is 15.4. The maximum atomic E-state index is 13.8. The van der Waals surface area contributed by atoms with Crippen molar-refractivity contribution >= 4 is 11.7 Å². The first kappa shape index (κ1) is 15.0. The lowest BCUT2D eigenvalue weighted by Gasteiger charge is -2.18. The molecule has 0 saturated carbocycles. The van der Waals surface area contributed by atoms with Crippen LogP contribution in [0.1, 0.15) is 24.2 Å². The van der Waals surface area contributed by atoms with Crippen LogP contribution in [0.2, 0.25) is 0 Å². The zero-order valence-electron chi connectivity index (χ0n) is 12.3. The summed E-state index contributed by atoms with van der Waals surface area (Å²) < 4.78 is 20.5. The first-order valence-corrected chi connectivity index (χ1v) is 6.70. The molecule has 5 nitrogen and oxygen atoms in total. The fourth-order valence-corrected chi connectivity index (χ4v) is 2.12. The number of carbonyl (C=O) groups excluding carboxylic acids is 1.